The molecule has 104 valence electrons. The Bertz CT molecular complexity index is 343. The van der Waals surface area contributed by atoms with Gasteiger partial charge in [-0.25, -0.2) is 9.59 Å². The van der Waals surface area contributed by atoms with E-state index in [2.05, 4.69) is 31.4 Å². The van der Waals surface area contributed by atoms with Crippen LogP contribution in [0.3, 0.4) is 0 Å². The lowest BCUT2D eigenvalue weighted by molar-refractivity contribution is 0.0886. The molecule has 0 saturated heterocycles. The molecular weight excluding hydrogens is 232 g/mol. The van der Waals surface area contributed by atoms with Crippen LogP contribution in [0.5, 0.6) is 0 Å². The highest BCUT2D eigenvalue weighted by Crippen LogP contribution is 2.43. The molecule has 0 heterocycles. The number of rotatable bonds is 3. The molecule has 1 saturated carbocycles. The topological polar surface area (TPSA) is 110 Å². The van der Waals surface area contributed by atoms with Crippen LogP contribution >= 0.6 is 0 Å². The van der Waals surface area contributed by atoms with Gasteiger partial charge in [0.05, 0.1) is 5.54 Å². The van der Waals surface area contributed by atoms with E-state index in [1.165, 1.54) is 0 Å². The summed E-state index contributed by atoms with van der Waals surface area (Å²) >= 11 is 0. The van der Waals surface area contributed by atoms with Crippen molar-refractivity contribution in [1.29, 1.82) is 0 Å². The smallest absolute Gasteiger partial charge is 0.312 e. The molecular formula is C12H24N4O2. The fourth-order valence-corrected chi connectivity index (χ4v) is 3.53. The van der Waals surface area contributed by atoms with Gasteiger partial charge in [0.25, 0.3) is 0 Å². The number of nitrogens with two attached hydrogens (primary N) is 2. The molecule has 0 bridgehead atoms. The Hall–Kier alpha value is -1.46. The average molecular weight is 256 g/mol. The highest BCUT2D eigenvalue weighted by Gasteiger charge is 2.43. The maximum Gasteiger partial charge on any atom is 0.312 e. The van der Waals surface area contributed by atoms with E-state index in [-0.39, 0.29) is 5.41 Å². The van der Waals surface area contributed by atoms with Gasteiger partial charge in [-0.2, -0.15) is 0 Å². The maximum absolute atomic E-state index is 11.2. The van der Waals surface area contributed by atoms with E-state index >= 15 is 0 Å². The van der Waals surface area contributed by atoms with E-state index < -0.39 is 17.6 Å². The molecule has 2 atom stereocenters. The van der Waals surface area contributed by atoms with Crippen LogP contribution in [0, 0.1) is 11.3 Å². The first-order valence-electron chi connectivity index (χ1n) is 6.25. The Morgan fingerprint density at radius 1 is 1.22 bits per heavy atom. The number of carbonyl (C=O) groups excluding carboxylic acids is 2. The van der Waals surface area contributed by atoms with Gasteiger partial charge in [-0.3, -0.25) is 0 Å². The molecule has 6 nitrogen and oxygen atoms in total. The van der Waals surface area contributed by atoms with Crippen molar-refractivity contribution in [2.45, 2.75) is 45.6 Å². The number of carbonyl (C=O) groups is 2. The monoisotopic (exact) mass is 256 g/mol. The highest BCUT2D eigenvalue weighted by molar-refractivity contribution is 5.74. The quantitative estimate of drug-likeness (QED) is 0.601. The Kier molecular flexibility index (Phi) is 4.09. The number of primary amides is 2. The van der Waals surface area contributed by atoms with Crippen LogP contribution in [0.25, 0.3) is 0 Å². The summed E-state index contributed by atoms with van der Waals surface area (Å²) in [5, 5.41) is 5.39. The summed E-state index contributed by atoms with van der Waals surface area (Å²) in [6.07, 6.45) is 2.65. The number of hydrogen-bond acceptors (Lipinski definition) is 2. The normalized spacial score (nSPS) is 30.5. The van der Waals surface area contributed by atoms with Gasteiger partial charge in [0.2, 0.25) is 0 Å². The summed E-state index contributed by atoms with van der Waals surface area (Å²) < 4.78 is 0. The molecule has 1 fully saturated rings. The molecule has 6 N–H and O–H groups in total. The van der Waals surface area contributed by atoms with Crippen molar-refractivity contribution in [3.8, 4) is 0 Å². The Morgan fingerprint density at radius 2 is 1.83 bits per heavy atom. The number of amides is 4. The molecule has 18 heavy (non-hydrogen) atoms. The van der Waals surface area contributed by atoms with Crippen LogP contribution in [-0.2, 0) is 0 Å². The molecule has 0 spiro atoms. The summed E-state index contributed by atoms with van der Waals surface area (Å²) in [7, 11) is 0. The van der Waals surface area contributed by atoms with Crippen molar-refractivity contribution in [2.75, 3.05) is 6.54 Å². The Morgan fingerprint density at radius 3 is 2.28 bits per heavy atom. The molecule has 0 aromatic carbocycles. The van der Waals surface area contributed by atoms with Crippen molar-refractivity contribution < 1.29 is 9.59 Å². The summed E-state index contributed by atoms with van der Waals surface area (Å²) in [6.45, 7) is 6.77. The molecule has 0 aliphatic heterocycles. The molecule has 0 radical (unpaired) electrons. The van der Waals surface area contributed by atoms with Gasteiger partial charge < -0.3 is 22.1 Å². The number of nitrogens with one attached hydrogen (secondary N) is 2. The van der Waals surface area contributed by atoms with Crippen molar-refractivity contribution in [1.82, 2.24) is 10.6 Å². The summed E-state index contributed by atoms with van der Waals surface area (Å²) in [5.74, 6) is 0.454. The molecule has 0 aromatic rings. The molecule has 1 aliphatic carbocycles. The van der Waals surface area contributed by atoms with Crippen LogP contribution in [0.15, 0.2) is 0 Å². The van der Waals surface area contributed by atoms with Crippen LogP contribution in [0.2, 0.25) is 0 Å². The zero-order chi connectivity index (χ0) is 14.0. The third-order valence-corrected chi connectivity index (χ3v) is 3.45. The van der Waals surface area contributed by atoms with E-state index in [0.29, 0.717) is 12.5 Å². The first-order chi connectivity index (χ1) is 8.14. The second-order valence-corrected chi connectivity index (χ2v) is 6.34. The molecule has 1 aliphatic rings. The van der Waals surface area contributed by atoms with E-state index in [9.17, 15) is 9.59 Å². The van der Waals surface area contributed by atoms with Crippen LogP contribution in [-0.4, -0.2) is 24.1 Å². The second kappa shape index (κ2) is 5.04. The van der Waals surface area contributed by atoms with Gasteiger partial charge in [-0.1, -0.05) is 20.8 Å². The van der Waals surface area contributed by atoms with Gasteiger partial charge in [0.1, 0.15) is 0 Å². The maximum atomic E-state index is 11.2. The van der Waals surface area contributed by atoms with Gasteiger partial charge >= 0.3 is 12.1 Å². The first-order valence-corrected chi connectivity index (χ1v) is 6.25. The van der Waals surface area contributed by atoms with Crippen molar-refractivity contribution >= 4 is 12.1 Å². The fraction of sp³-hybridized carbons (Fsp3) is 0.833. The predicted octanol–water partition coefficient (Wildman–Crippen LogP) is 0.908. The molecule has 4 amide bonds. The van der Waals surface area contributed by atoms with Crippen molar-refractivity contribution in [3.63, 3.8) is 0 Å². The Balaban J connectivity index is 2.88. The van der Waals surface area contributed by atoms with Gasteiger partial charge in [0.15, 0.2) is 0 Å². The average Bonchev–Trinajstić information content (AvgIpc) is 2.09. The van der Waals surface area contributed by atoms with E-state index in [0.717, 1.165) is 19.3 Å². The van der Waals surface area contributed by atoms with Crippen LogP contribution in [0.1, 0.15) is 40.0 Å². The van der Waals surface area contributed by atoms with Crippen LogP contribution < -0.4 is 22.1 Å². The predicted molar refractivity (Wildman–Crippen MR) is 69.8 cm³/mol. The minimum atomic E-state index is -0.586. The van der Waals surface area contributed by atoms with E-state index in [1.54, 1.807) is 0 Å². The first kappa shape index (κ1) is 14.6. The van der Waals surface area contributed by atoms with Gasteiger partial charge in [-0.15, -0.1) is 0 Å². The lowest BCUT2D eigenvalue weighted by atomic mass is 9.64. The summed E-state index contributed by atoms with van der Waals surface area (Å²) in [6, 6.07) is -1.15. The minimum Gasteiger partial charge on any atom is -0.352 e. The lowest BCUT2D eigenvalue weighted by Gasteiger charge is -2.47. The van der Waals surface area contributed by atoms with E-state index in [4.69, 9.17) is 11.5 Å². The molecule has 0 aromatic heterocycles. The Labute approximate surface area is 108 Å². The standard InChI is InChI=1S/C12H24N4O2/c1-8-4-11(2,3)6-12(5-8,16-10(14)18)7-15-9(13)17/h8H,4-7H2,1-3H3,(H3,13,15,17)(H3,14,16,18). The highest BCUT2D eigenvalue weighted by atomic mass is 16.2. The van der Waals surface area contributed by atoms with Gasteiger partial charge in [-0.05, 0) is 30.6 Å². The molecule has 6 heteroatoms. The van der Waals surface area contributed by atoms with Crippen molar-refractivity contribution in [3.05, 3.63) is 0 Å². The minimum absolute atomic E-state index is 0.0967. The molecule has 1 rings (SSSR count). The lowest BCUT2D eigenvalue weighted by Crippen LogP contribution is -2.61. The number of hydrogen-bond donors (Lipinski definition) is 4. The molecule has 2 unspecified atom stereocenters. The SMILES string of the molecule is CC1CC(C)(C)CC(CNC(N)=O)(NC(N)=O)C1. The van der Waals surface area contributed by atoms with E-state index in [1.807, 2.05) is 0 Å². The zero-order valence-electron chi connectivity index (χ0n) is 11.4. The fourth-order valence-electron chi connectivity index (χ4n) is 3.53. The zero-order valence-corrected chi connectivity index (χ0v) is 11.4. The second-order valence-electron chi connectivity index (χ2n) is 6.34. The largest absolute Gasteiger partial charge is 0.352 e. The van der Waals surface area contributed by atoms with Gasteiger partial charge in [0, 0.05) is 6.54 Å². The number of urea groups is 2. The van der Waals surface area contributed by atoms with Crippen molar-refractivity contribution in [2.24, 2.45) is 22.8 Å². The van der Waals surface area contributed by atoms with Crippen LogP contribution in [0.4, 0.5) is 9.59 Å². The summed E-state index contributed by atoms with van der Waals surface area (Å²) in [5.41, 5.74) is 9.96. The summed E-state index contributed by atoms with van der Waals surface area (Å²) in [4.78, 5) is 22.1. The third kappa shape index (κ3) is 4.09. The third-order valence-electron chi connectivity index (χ3n) is 3.45.